The standard InChI is InChI=1S/C12H6ClFN2/c13-12-15-7-6-11(16-12)5-4-9-2-1-3-10(14)8-9/h1-3,6-8H. The van der Waals surface area contributed by atoms with Gasteiger partial charge in [-0.25, -0.2) is 14.4 Å². The van der Waals surface area contributed by atoms with Crippen molar-refractivity contribution in [1.29, 1.82) is 0 Å². The van der Waals surface area contributed by atoms with Gasteiger partial charge in [-0.05, 0) is 41.8 Å². The van der Waals surface area contributed by atoms with Crippen LogP contribution in [0, 0.1) is 17.7 Å². The Hall–Kier alpha value is -1.92. The number of halogens is 2. The zero-order valence-electron chi connectivity index (χ0n) is 8.11. The largest absolute Gasteiger partial charge is 0.226 e. The van der Waals surface area contributed by atoms with Crippen LogP contribution in [0.1, 0.15) is 11.3 Å². The topological polar surface area (TPSA) is 25.8 Å². The third-order valence-corrected chi connectivity index (χ3v) is 1.97. The zero-order valence-corrected chi connectivity index (χ0v) is 8.87. The summed E-state index contributed by atoms with van der Waals surface area (Å²) in [4.78, 5) is 7.63. The lowest BCUT2D eigenvalue weighted by molar-refractivity contribution is 0.627. The molecule has 0 saturated carbocycles. The molecule has 78 valence electrons. The van der Waals surface area contributed by atoms with E-state index >= 15 is 0 Å². The minimum atomic E-state index is -0.312. The summed E-state index contributed by atoms with van der Waals surface area (Å²) >= 11 is 5.60. The fraction of sp³-hybridized carbons (Fsp3) is 0. The van der Waals surface area contributed by atoms with Gasteiger partial charge in [-0.2, -0.15) is 0 Å². The highest BCUT2D eigenvalue weighted by molar-refractivity contribution is 6.28. The summed E-state index contributed by atoms with van der Waals surface area (Å²) in [5.74, 6) is 5.25. The van der Waals surface area contributed by atoms with Crippen LogP contribution in [-0.2, 0) is 0 Å². The van der Waals surface area contributed by atoms with Crippen LogP contribution in [0.15, 0.2) is 36.5 Å². The molecule has 16 heavy (non-hydrogen) atoms. The maximum Gasteiger partial charge on any atom is 0.223 e. The molecule has 0 aliphatic rings. The van der Waals surface area contributed by atoms with Gasteiger partial charge in [0.1, 0.15) is 11.5 Å². The third-order valence-electron chi connectivity index (χ3n) is 1.79. The Kier molecular flexibility index (Phi) is 3.13. The summed E-state index contributed by atoms with van der Waals surface area (Å²) < 4.78 is 12.8. The van der Waals surface area contributed by atoms with Crippen molar-refractivity contribution in [2.75, 3.05) is 0 Å². The molecule has 4 heteroatoms. The number of hydrogen-bond donors (Lipinski definition) is 0. The highest BCUT2D eigenvalue weighted by Crippen LogP contribution is 2.03. The molecule has 0 N–H and O–H groups in total. The Balaban J connectivity index is 2.28. The number of hydrogen-bond acceptors (Lipinski definition) is 2. The summed E-state index contributed by atoms with van der Waals surface area (Å²) in [6.07, 6.45) is 1.52. The molecule has 0 aliphatic carbocycles. The van der Waals surface area contributed by atoms with Crippen molar-refractivity contribution >= 4 is 11.6 Å². The van der Waals surface area contributed by atoms with Gasteiger partial charge in [0.2, 0.25) is 5.28 Å². The van der Waals surface area contributed by atoms with Crippen LogP contribution in [0.4, 0.5) is 4.39 Å². The fourth-order valence-corrected chi connectivity index (χ4v) is 1.25. The van der Waals surface area contributed by atoms with Gasteiger partial charge in [-0.1, -0.05) is 12.0 Å². The number of benzene rings is 1. The molecule has 0 bridgehead atoms. The second-order valence-corrected chi connectivity index (χ2v) is 3.31. The maximum absolute atomic E-state index is 12.8. The van der Waals surface area contributed by atoms with Crippen LogP contribution in [-0.4, -0.2) is 9.97 Å². The average Bonchev–Trinajstić information content (AvgIpc) is 2.27. The van der Waals surface area contributed by atoms with Gasteiger partial charge in [0.05, 0.1) is 0 Å². The summed E-state index contributed by atoms with van der Waals surface area (Å²) in [7, 11) is 0. The first-order chi connectivity index (χ1) is 7.74. The number of aromatic nitrogens is 2. The highest BCUT2D eigenvalue weighted by Gasteiger charge is 1.93. The lowest BCUT2D eigenvalue weighted by Crippen LogP contribution is -1.85. The van der Waals surface area contributed by atoms with E-state index in [-0.39, 0.29) is 11.1 Å². The minimum absolute atomic E-state index is 0.144. The predicted octanol–water partition coefficient (Wildman–Crippen LogP) is 2.67. The minimum Gasteiger partial charge on any atom is -0.226 e. The second-order valence-electron chi connectivity index (χ2n) is 2.97. The van der Waals surface area contributed by atoms with Gasteiger partial charge in [-0.15, -0.1) is 0 Å². The average molecular weight is 233 g/mol. The van der Waals surface area contributed by atoms with Gasteiger partial charge in [-0.3, -0.25) is 0 Å². The molecule has 0 radical (unpaired) electrons. The second kappa shape index (κ2) is 4.73. The van der Waals surface area contributed by atoms with Gasteiger partial charge in [0, 0.05) is 11.8 Å². The molecular formula is C12H6ClFN2. The Morgan fingerprint density at radius 1 is 1.19 bits per heavy atom. The monoisotopic (exact) mass is 232 g/mol. The lowest BCUT2D eigenvalue weighted by Gasteiger charge is -1.91. The summed E-state index contributed by atoms with van der Waals surface area (Å²) in [6.45, 7) is 0. The van der Waals surface area contributed by atoms with Gasteiger partial charge >= 0.3 is 0 Å². The molecule has 0 amide bonds. The van der Waals surface area contributed by atoms with Crippen LogP contribution < -0.4 is 0 Å². The molecule has 0 unspecified atom stereocenters. The van der Waals surface area contributed by atoms with Crippen LogP contribution in [0.25, 0.3) is 0 Å². The third kappa shape index (κ3) is 2.78. The van der Waals surface area contributed by atoms with E-state index in [1.165, 1.54) is 18.3 Å². The van der Waals surface area contributed by atoms with Crippen molar-refractivity contribution in [2.45, 2.75) is 0 Å². The van der Waals surface area contributed by atoms with Crippen LogP contribution in [0.2, 0.25) is 5.28 Å². The molecule has 1 heterocycles. The molecule has 0 atom stereocenters. The van der Waals surface area contributed by atoms with E-state index < -0.39 is 0 Å². The lowest BCUT2D eigenvalue weighted by atomic mass is 10.2. The van der Waals surface area contributed by atoms with Crippen molar-refractivity contribution in [3.8, 4) is 11.8 Å². The quantitative estimate of drug-likeness (QED) is 0.516. The zero-order chi connectivity index (χ0) is 11.4. The normalized spacial score (nSPS) is 9.38. The Morgan fingerprint density at radius 2 is 2.06 bits per heavy atom. The molecule has 2 aromatic rings. The van der Waals surface area contributed by atoms with E-state index in [4.69, 9.17) is 11.6 Å². The molecule has 0 fully saturated rings. The van der Waals surface area contributed by atoms with Crippen LogP contribution in [0.5, 0.6) is 0 Å². The van der Waals surface area contributed by atoms with E-state index in [0.29, 0.717) is 11.3 Å². The molecule has 2 nitrogen and oxygen atoms in total. The first-order valence-electron chi connectivity index (χ1n) is 4.50. The fourth-order valence-electron chi connectivity index (χ4n) is 1.11. The maximum atomic E-state index is 12.8. The van der Waals surface area contributed by atoms with Gasteiger partial charge < -0.3 is 0 Å². The van der Waals surface area contributed by atoms with Crippen LogP contribution in [0.3, 0.4) is 0 Å². The van der Waals surface area contributed by atoms with E-state index in [1.807, 2.05) is 0 Å². The molecule has 1 aromatic carbocycles. The van der Waals surface area contributed by atoms with E-state index in [9.17, 15) is 4.39 Å². The molecule has 2 rings (SSSR count). The van der Waals surface area contributed by atoms with Crippen molar-refractivity contribution < 1.29 is 4.39 Å². The van der Waals surface area contributed by atoms with Crippen molar-refractivity contribution in [1.82, 2.24) is 9.97 Å². The summed E-state index contributed by atoms with van der Waals surface area (Å²) in [6, 6.07) is 7.69. The predicted molar refractivity (Wildman–Crippen MR) is 59.4 cm³/mol. The summed E-state index contributed by atoms with van der Waals surface area (Å²) in [5.41, 5.74) is 1.10. The molecule has 0 aliphatic heterocycles. The van der Waals surface area contributed by atoms with Gasteiger partial charge in [0.15, 0.2) is 0 Å². The molecular weight excluding hydrogens is 227 g/mol. The molecule has 1 aromatic heterocycles. The van der Waals surface area contributed by atoms with Gasteiger partial charge in [0.25, 0.3) is 0 Å². The van der Waals surface area contributed by atoms with E-state index in [2.05, 4.69) is 21.8 Å². The molecule has 0 saturated heterocycles. The molecule has 0 spiro atoms. The van der Waals surface area contributed by atoms with Crippen LogP contribution >= 0.6 is 11.6 Å². The van der Waals surface area contributed by atoms with Crippen molar-refractivity contribution in [2.24, 2.45) is 0 Å². The first kappa shape index (κ1) is 10.6. The van der Waals surface area contributed by atoms with Crippen molar-refractivity contribution in [3.05, 3.63) is 58.9 Å². The Bertz CT molecular complexity index is 523. The number of rotatable bonds is 0. The van der Waals surface area contributed by atoms with E-state index in [0.717, 1.165) is 0 Å². The smallest absolute Gasteiger partial charge is 0.223 e. The highest BCUT2D eigenvalue weighted by atomic mass is 35.5. The SMILES string of the molecule is Fc1cccc(C#Cc2ccnc(Cl)n2)c1. The summed E-state index contributed by atoms with van der Waals surface area (Å²) in [5, 5.41) is 0.144. The Morgan fingerprint density at radius 3 is 2.81 bits per heavy atom. The number of nitrogens with zero attached hydrogens (tertiary/aromatic N) is 2. The Labute approximate surface area is 97.1 Å². The van der Waals surface area contributed by atoms with Crippen molar-refractivity contribution in [3.63, 3.8) is 0 Å². The first-order valence-corrected chi connectivity index (χ1v) is 4.88. The van der Waals surface area contributed by atoms with E-state index in [1.54, 1.807) is 18.2 Å².